The van der Waals surface area contributed by atoms with Gasteiger partial charge in [-0.05, 0) is 18.4 Å². The molecule has 0 aromatic carbocycles. The molecule has 6 heteroatoms. The van der Waals surface area contributed by atoms with Crippen molar-refractivity contribution < 1.29 is 4.74 Å². The Morgan fingerprint density at radius 3 is 2.85 bits per heavy atom. The maximum atomic E-state index is 5.46. The van der Waals surface area contributed by atoms with Gasteiger partial charge in [0.25, 0.3) is 0 Å². The summed E-state index contributed by atoms with van der Waals surface area (Å²) in [6.07, 6.45) is 0. The first-order valence-electron chi connectivity index (χ1n) is 7.15. The number of hydrogen-bond acceptors (Lipinski definition) is 4. The normalized spacial score (nSPS) is 18.8. The third-order valence-corrected chi connectivity index (χ3v) is 4.36. The zero-order chi connectivity index (χ0) is 14.2. The van der Waals surface area contributed by atoms with Crippen LogP contribution in [0.1, 0.15) is 17.8 Å². The molecule has 2 N–H and O–H groups in total. The summed E-state index contributed by atoms with van der Waals surface area (Å²) in [5.74, 6) is 0.863. The highest BCUT2D eigenvalue weighted by atomic mass is 32.1. The van der Waals surface area contributed by atoms with Crippen LogP contribution in [-0.4, -0.2) is 57.3 Å². The molecule has 1 fully saturated rings. The van der Waals surface area contributed by atoms with Gasteiger partial charge in [0.1, 0.15) is 0 Å². The lowest BCUT2D eigenvalue weighted by molar-refractivity contribution is 0.0177. The summed E-state index contributed by atoms with van der Waals surface area (Å²) in [5, 5.41) is 8.79. The quantitative estimate of drug-likeness (QED) is 0.635. The SMILES string of the molecule is CCNC(=NC)NCC(c1cccs1)N1CCOCC1. The molecule has 5 nitrogen and oxygen atoms in total. The van der Waals surface area contributed by atoms with E-state index in [1.54, 1.807) is 7.05 Å². The van der Waals surface area contributed by atoms with Crippen molar-refractivity contribution in [3.05, 3.63) is 22.4 Å². The van der Waals surface area contributed by atoms with E-state index in [-0.39, 0.29) is 0 Å². The number of thiophene rings is 1. The average molecular weight is 296 g/mol. The van der Waals surface area contributed by atoms with E-state index in [0.29, 0.717) is 6.04 Å². The van der Waals surface area contributed by atoms with E-state index in [0.717, 1.165) is 45.4 Å². The summed E-state index contributed by atoms with van der Waals surface area (Å²) in [7, 11) is 1.81. The van der Waals surface area contributed by atoms with Gasteiger partial charge in [0.15, 0.2) is 5.96 Å². The molecule has 0 radical (unpaired) electrons. The summed E-state index contributed by atoms with van der Waals surface area (Å²) >= 11 is 1.81. The van der Waals surface area contributed by atoms with Crippen molar-refractivity contribution in [1.82, 2.24) is 15.5 Å². The Labute approximate surface area is 125 Å². The Morgan fingerprint density at radius 2 is 2.25 bits per heavy atom. The van der Waals surface area contributed by atoms with E-state index in [9.17, 15) is 0 Å². The van der Waals surface area contributed by atoms with Crippen molar-refractivity contribution in [3.8, 4) is 0 Å². The van der Waals surface area contributed by atoms with Gasteiger partial charge in [-0.2, -0.15) is 0 Å². The molecule has 0 spiro atoms. The lowest BCUT2D eigenvalue weighted by Gasteiger charge is -2.34. The Balaban J connectivity index is 1.99. The number of hydrogen-bond donors (Lipinski definition) is 2. The van der Waals surface area contributed by atoms with Crippen LogP contribution in [0.3, 0.4) is 0 Å². The van der Waals surface area contributed by atoms with Crippen LogP contribution in [0.4, 0.5) is 0 Å². The zero-order valence-electron chi connectivity index (χ0n) is 12.3. The highest BCUT2D eigenvalue weighted by Gasteiger charge is 2.23. The first-order chi connectivity index (χ1) is 9.85. The van der Waals surface area contributed by atoms with E-state index in [2.05, 4.69) is 45.0 Å². The van der Waals surface area contributed by atoms with Crippen molar-refractivity contribution in [1.29, 1.82) is 0 Å². The van der Waals surface area contributed by atoms with Gasteiger partial charge >= 0.3 is 0 Å². The largest absolute Gasteiger partial charge is 0.379 e. The molecule has 1 atom stereocenters. The molecule has 1 unspecified atom stereocenters. The molecule has 0 amide bonds. The molecule has 0 saturated carbocycles. The lowest BCUT2D eigenvalue weighted by atomic mass is 10.2. The maximum absolute atomic E-state index is 5.46. The zero-order valence-corrected chi connectivity index (χ0v) is 13.1. The Morgan fingerprint density at radius 1 is 1.45 bits per heavy atom. The maximum Gasteiger partial charge on any atom is 0.191 e. The second-order valence-electron chi connectivity index (χ2n) is 4.66. The van der Waals surface area contributed by atoms with Crippen molar-refractivity contribution >= 4 is 17.3 Å². The predicted octanol–water partition coefficient (Wildman–Crippen LogP) is 1.31. The summed E-state index contributed by atoms with van der Waals surface area (Å²) in [6.45, 7) is 7.44. The summed E-state index contributed by atoms with van der Waals surface area (Å²) < 4.78 is 5.46. The van der Waals surface area contributed by atoms with Gasteiger partial charge in [-0.25, -0.2) is 0 Å². The van der Waals surface area contributed by atoms with Gasteiger partial charge < -0.3 is 15.4 Å². The van der Waals surface area contributed by atoms with Crippen LogP contribution in [0.25, 0.3) is 0 Å². The number of aliphatic imine (C=N–C) groups is 1. The average Bonchev–Trinajstić information content (AvgIpc) is 3.01. The smallest absolute Gasteiger partial charge is 0.191 e. The number of ether oxygens (including phenoxy) is 1. The van der Waals surface area contributed by atoms with Gasteiger partial charge in [0, 0.05) is 38.1 Å². The molecular weight excluding hydrogens is 272 g/mol. The second-order valence-corrected chi connectivity index (χ2v) is 5.64. The van der Waals surface area contributed by atoms with Gasteiger partial charge in [0.2, 0.25) is 0 Å². The molecular formula is C14H24N4OS. The minimum atomic E-state index is 0.384. The molecule has 1 aromatic rings. The molecule has 1 saturated heterocycles. The fraction of sp³-hybridized carbons (Fsp3) is 0.643. The van der Waals surface area contributed by atoms with E-state index < -0.39 is 0 Å². The molecule has 1 aliphatic rings. The van der Waals surface area contributed by atoms with Crippen molar-refractivity contribution in [3.63, 3.8) is 0 Å². The molecule has 112 valence electrons. The van der Waals surface area contributed by atoms with Gasteiger partial charge in [-0.1, -0.05) is 6.07 Å². The van der Waals surface area contributed by atoms with Crippen LogP contribution in [0.15, 0.2) is 22.5 Å². The monoisotopic (exact) mass is 296 g/mol. The lowest BCUT2D eigenvalue weighted by Crippen LogP contribution is -2.46. The molecule has 2 rings (SSSR count). The van der Waals surface area contributed by atoms with Crippen molar-refractivity contribution in [2.45, 2.75) is 13.0 Å². The third-order valence-electron chi connectivity index (χ3n) is 3.39. The minimum absolute atomic E-state index is 0.384. The van der Waals surface area contributed by atoms with Crippen molar-refractivity contribution in [2.24, 2.45) is 4.99 Å². The molecule has 20 heavy (non-hydrogen) atoms. The first kappa shape index (κ1) is 15.3. The Bertz CT molecular complexity index is 401. The highest BCUT2D eigenvalue weighted by molar-refractivity contribution is 7.10. The number of nitrogens with one attached hydrogen (secondary N) is 2. The van der Waals surface area contributed by atoms with Crippen LogP contribution in [0, 0.1) is 0 Å². The minimum Gasteiger partial charge on any atom is -0.379 e. The fourth-order valence-electron chi connectivity index (χ4n) is 2.36. The Hall–Kier alpha value is -1.11. The summed E-state index contributed by atoms with van der Waals surface area (Å²) in [5.41, 5.74) is 0. The van der Waals surface area contributed by atoms with Crippen LogP contribution in [0.5, 0.6) is 0 Å². The van der Waals surface area contributed by atoms with Crippen LogP contribution >= 0.6 is 11.3 Å². The predicted molar refractivity (Wildman–Crippen MR) is 84.5 cm³/mol. The summed E-state index contributed by atoms with van der Waals surface area (Å²) in [6, 6.07) is 4.71. The summed E-state index contributed by atoms with van der Waals surface area (Å²) in [4.78, 5) is 8.11. The molecule has 0 aliphatic carbocycles. The molecule has 0 bridgehead atoms. The topological polar surface area (TPSA) is 48.9 Å². The fourth-order valence-corrected chi connectivity index (χ4v) is 3.22. The van der Waals surface area contributed by atoms with E-state index in [1.165, 1.54) is 4.88 Å². The van der Waals surface area contributed by atoms with E-state index in [1.807, 2.05) is 11.3 Å². The number of rotatable bonds is 5. The standard InChI is InChI=1S/C14H24N4OS/c1-3-16-14(15-2)17-11-12(13-5-4-10-20-13)18-6-8-19-9-7-18/h4-5,10,12H,3,6-9,11H2,1-2H3,(H2,15,16,17). The van der Waals surface area contributed by atoms with E-state index >= 15 is 0 Å². The van der Waals surface area contributed by atoms with Gasteiger partial charge in [-0.15, -0.1) is 11.3 Å². The second kappa shape index (κ2) is 8.24. The number of morpholine rings is 1. The van der Waals surface area contributed by atoms with Gasteiger partial charge in [0.05, 0.1) is 19.3 Å². The van der Waals surface area contributed by atoms with Gasteiger partial charge in [-0.3, -0.25) is 9.89 Å². The molecule has 1 aromatic heterocycles. The van der Waals surface area contributed by atoms with E-state index in [4.69, 9.17) is 4.74 Å². The van der Waals surface area contributed by atoms with Crippen LogP contribution < -0.4 is 10.6 Å². The number of nitrogens with zero attached hydrogens (tertiary/aromatic N) is 2. The van der Waals surface area contributed by atoms with Crippen molar-refractivity contribution in [2.75, 3.05) is 46.4 Å². The Kier molecular flexibility index (Phi) is 6.29. The molecule has 1 aliphatic heterocycles. The third kappa shape index (κ3) is 4.19. The number of guanidine groups is 1. The highest BCUT2D eigenvalue weighted by Crippen LogP contribution is 2.25. The molecule has 2 heterocycles. The first-order valence-corrected chi connectivity index (χ1v) is 8.02. The van der Waals surface area contributed by atoms with Crippen LogP contribution in [0.2, 0.25) is 0 Å². The van der Waals surface area contributed by atoms with Crippen LogP contribution in [-0.2, 0) is 4.74 Å².